The average Bonchev–Trinajstić information content (AvgIpc) is 3.43. The van der Waals surface area contributed by atoms with E-state index in [2.05, 4.69) is 10.4 Å². The minimum Gasteiger partial charge on any atom is -0.494 e. The number of hydrogen-bond donors (Lipinski definition) is 1. The smallest absolute Gasteiger partial charge is 0.359 e. The van der Waals surface area contributed by atoms with E-state index in [-0.39, 0.29) is 11.5 Å². The molecule has 34 heavy (non-hydrogen) atoms. The maximum atomic E-state index is 13.3. The monoisotopic (exact) mass is 467 g/mol. The average molecular weight is 467 g/mol. The van der Waals surface area contributed by atoms with E-state index >= 15 is 0 Å². The lowest BCUT2D eigenvalue weighted by molar-refractivity contribution is -0.119. The number of hydrogen-bond acceptors (Lipinski definition) is 6. The van der Waals surface area contributed by atoms with Crippen molar-refractivity contribution in [2.75, 3.05) is 25.1 Å². The van der Waals surface area contributed by atoms with E-state index in [0.29, 0.717) is 42.5 Å². The third kappa shape index (κ3) is 5.03. The van der Waals surface area contributed by atoms with Crippen LogP contribution in [0.4, 0.5) is 10.1 Å². The predicted octanol–water partition coefficient (Wildman–Crippen LogP) is 4.09. The molecule has 3 aromatic rings. The number of nitrogens with one attached hydrogen (secondary N) is 1. The van der Waals surface area contributed by atoms with Crippen LogP contribution in [0.1, 0.15) is 42.0 Å². The molecular weight excluding hydrogens is 441 g/mol. The van der Waals surface area contributed by atoms with Crippen LogP contribution >= 0.6 is 0 Å². The fourth-order valence-corrected chi connectivity index (χ4v) is 3.93. The standard InChI is InChI=1S/C25H26FN3O5/c1-3-32-18-12-13-22(33-4-2)20(14-18)27-23(30)15-34-25(31)24-19-6-5-7-21(19)29(28-24)17-10-8-16(26)9-11-17/h8-14H,3-7,15H2,1-2H3,(H,27,30). The number of esters is 1. The summed E-state index contributed by atoms with van der Waals surface area (Å²) >= 11 is 0. The summed E-state index contributed by atoms with van der Waals surface area (Å²) in [6.07, 6.45) is 2.32. The van der Waals surface area contributed by atoms with Gasteiger partial charge in [-0.3, -0.25) is 4.79 Å². The first-order valence-corrected chi connectivity index (χ1v) is 11.2. The van der Waals surface area contributed by atoms with Crippen LogP contribution in [0.5, 0.6) is 11.5 Å². The van der Waals surface area contributed by atoms with E-state index in [1.54, 1.807) is 35.0 Å². The Morgan fingerprint density at radius 3 is 2.56 bits per heavy atom. The van der Waals surface area contributed by atoms with Crippen molar-refractivity contribution in [2.45, 2.75) is 33.1 Å². The van der Waals surface area contributed by atoms with E-state index in [4.69, 9.17) is 14.2 Å². The van der Waals surface area contributed by atoms with Gasteiger partial charge in [-0.25, -0.2) is 13.9 Å². The Balaban J connectivity index is 1.45. The SMILES string of the molecule is CCOc1ccc(OCC)c(NC(=O)COC(=O)c2nn(-c3ccc(F)cc3)c3c2CCC3)c1. The van der Waals surface area contributed by atoms with Crippen LogP contribution < -0.4 is 14.8 Å². The van der Waals surface area contributed by atoms with Crippen molar-refractivity contribution in [3.05, 3.63) is 65.2 Å². The van der Waals surface area contributed by atoms with Crippen LogP contribution in [0.15, 0.2) is 42.5 Å². The lowest BCUT2D eigenvalue weighted by Gasteiger charge is -2.13. The predicted molar refractivity (Wildman–Crippen MR) is 123 cm³/mol. The zero-order valence-corrected chi connectivity index (χ0v) is 19.1. The van der Waals surface area contributed by atoms with E-state index in [1.807, 2.05) is 13.8 Å². The topological polar surface area (TPSA) is 91.7 Å². The van der Waals surface area contributed by atoms with Gasteiger partial charge in [0.15, 0.2) is 12.3 Å². The van der Waals surface area contributed by atoms with Crippen LogP contribution in [0.25, 0.3) is 5.69 Å². The Morgan fingerprint density at radius 2 is 1.82 bits per heavy atom. The molecule has 1 heterocycles. The fraction of sp³-hybridized carbons (Fsp3) is 0.320. The molecule has 8 nitrogen and oxygen atoms in total. The molecule has 0 spiro atoms. The number of anilines is 1. The summed E-state index contributed by atoms with van der Waals surface area (Å²) in [5, 5.41) is 7.12. The van der Waals surface area contributed by atoms with Gasteiger partial charge in [-0.2, -0.15) is 5.10 Å². The molecule has 1 aliphatic carbocycles. The van der Waals surface area contributed by atoms with E-state index in [9.17, 15) is 14.0 Å². The normalized spacial score (nSPS) is 12.2. The van der Waals surface area contributed by atoms with Crippen LogP contribution in [0.2, 0.25) is 0 Å². The lowest BCUT2D eigenvalue weighted by atomic mass is 10.2. The Bertz CT molecular complexity index is 1190. The van der Waals surface area contributed by atoms with Gasteiger partial charge in [-0.1, -0.05) is 0 Å². The molecule has 0 radical (unpaired) electrons. The summed E-state index contributed by atoms with van der Waals surface area (Å²) in [7, 11) is 0. The molecule has 9 heteroatoms. The van der Waals surface area contributed by atoms with Gasteiger partial charge >= 0.3 is 5.97 Å². The number of rotatable bonds is 9. The van der Waals surface area contributed by atoms with Gasteiger partial charge in [0.2, 0.25) is 0 Å². The zero-order valence-electron chi connectivity index (χ0n) is 19.1. The van der Waals surface area contributed by atoms with Crippen LogP contribution in [0, 0.1) is 5.82 Å². The second-order valence-corrected chi connectivity index (χ2v) is 7.66. The molecule has 0 bridgehead atoms. The van der Waals surface area contributed by atoms with Gasteiger partial charge in [0.25, 0.3) is 5.91 Å². The van der Waals surface area contributed by atoms with Crippen molar-refractivity contribution in [3.8, 4) is 17.2 Å². The molecule has 0 aliphatic heterocycles. The van der Waals surface area contributed by atoms with E-state index in [1.165, 1.54) is 12.1 Å². The van der Waals surface area contributed by atoms with Crippen molar-refractivity contribution in [3.63, 3.8) is 0 Å². The minimum absolute atomic E-state index is 0.179. The molecule has 2 aromatic carbocycles. The van der Waals surface area contributed by atoms with E-state index in [0.717, 1.165) is 24.1 Å². The largest absolute Gasteiger partial charge is 0.494 e. The Labute approximate surface area is 196 Å². The van der Waals surface area contributed by atoms with Gasteiger partial charge < -0.3 is 19.5 Å². The van der Waals surface area contributed by atoms with Gasteiger partial charge in [0, 0.05) is 17.3 Å². The number of aromatic nitrogens is 2. The van der Waals surface area contributed by atoms with Crippen LogP contribution in [-0.2, 0) is 22.4 Å². The summed E-state index contributed by atoms with van der Waals surface area (Å²) in [4.78, 5) is 25.3. The quantitative estimate of drug-likeness (QED) is 0.477. The first-order chi connectivity index (χ1) is 16.5. The molecule has 1 N–H and O–H groups in total. The number of benzene rings is 2. The molecule has 4 rings (SSSR count). The number of nitrogens with zero attached hydrogens (tertiary/aromatic N) is 2. The van der Waals surface area contributed by atoms with Crippen molar-refractivity contribution < 1.29 is 28.2 Å². The van der Waals surface area contributed by atoms with E-state index < -0.39 is 18.5 Å². The van der Waals surface area contributed by atoms with Gasteiger partial charge in [0.05, 0.1) is 24.6 Å². The number of halogens is 1. The van der Waals surface area contributed by atoms with Crippen LogP contribution in [0.3, 0.4) is 0 Å². The first kappa shape index (κ1) is 23.3. The summed E-state index contributed by atoms with van der Waals surface area (Å²) in [5.74, 6) is -0.473. The summed E-state index contributed by atoms with van der Waals surface area (Å²) in [6.45, 7) is 4.12. The number of ether oxygens (including phenoxy) is 3. The molecule has 0 saturated carbocycles. The second kappa shape index (κ2) is 10.4. The first-order valence-electron chi connectivity index (χ1n) is 11.2. The molecule has 1 aliphatic rings. The van der Waals surface area contributed by atoms with Crippen molar-refractivity contribution in [2.24, 2.45) is 0 Å². The third-order valence-corrected chi connectivity index (χ3v) is 5.37. The highest BCUT2D eigenvalue weighted by Gasteiger charge is 2.28. The molecule has 1 amide bonds. The molecule has 0 fully saturated rings. The van der Waals surface area contributed by atoms with Gasteiger partial charge in [-0.05, 0) is 69.5 Å². The maximum Gasteiger partial charge on any atom is 0.359 e. The summed E-state index contributed by atoms with van der Waals surface area (Å²) in [5.41, 5.74) is 2.97. The second-order valence-electron chi connectivity index (χ2n) is 7.66. The maximum absolute atomic E-state index is 13.3. The highest BCUT2D eigenvalue weighted by Crippen LogP contribution is 2.30. The molecule has 0 atom stereocenters. The molecule has 0 unspecified atom stereocenters. The van der Waals surface area contributed by atoms with Crippen molar-refractivity contribution in [1.82, 2.24) is 9.78 Å². The highest BCUT2D eigenvalue weighted by atomic mass is 19.1. The molecule has 1 aromatic heterocycles. The van der Waals surface area contributed by atoms with Gasteiger partial charge in [0.1, 0.15) is 17.3 Å². The minimum atomic E-state index is -0.678. The number of amides is 1. The zero-order chi connectivity index (χ0) is 24.1. The Hall–Kier alpha value is -3.88. The molecule has 0 saturated heterocycles. The van der Waals surface area contributed by atoms with Crippen molar-refractivity contribution in [1.29, 1.82) is 0 Å². The lowest BCUT2D eigenvalue weighted by Crippen LogP contribution is -2.22. The fourth-order valence-electron chi connectivity index (χ4n) is 3.93. The van der Waals surface area contributed by atoms with Crippen molar-refractivity contribution >= 4 is 17.6 Å². The Morgan fingerprint density at radius 1 is 1.06 bits per heavy atom. The van der Waals surface area contributed by atoms with Crippen LogP contribution in [-0.4, -0.2) is 41.5 Å². The molecular formula is C25H26FN3O5. The summed E-state index contributed by atoms with van der Waals surface area (Å²) in [6, 6.07) is 11.0. The number of carbonyl (C=O) groups excluding carboxylic acids is 2. The highest BCUT2D eigenvalue weighted by molar-refractivity contribution is 5.96. The molecule has 178 valence electrons. The number of fused-ring (bicyclic) bond motifs is 1. The van der Waals surface area contributed by atoms with Gasteiger partial charge in [-0.15, -0.1) is 0 Å². The Kier molecular flexibility index (Phi) is 7.10. The summed E-state index contributed by atoms with van der Waals surface area (Å²) < 4.78 is 31.3. The third-order valence-electron chi connectivity index (χ3n) is 5.37. The number of carbonyl (C=O) groups is 2.